The average Bonchev–Trinajstić information content (AvgIpc) is 3.13. The standard InChI is InChI=1S/C16H16N4O3S/c1-9-18-11-5-4-10(7-13(11)23-9)19-15(21)8-12(20-16(17)22)14-3-2-6-24-14/h2-7,12H,8H2,1H3,(H,19,21)(H3,17,20,22). The Kier molecular flexibility index (Phi) is 4.48. The number of nitrogens with zero attached hydrogens (tertiary/aromatic N) is 1. The van der Waals surface area contributed by atoms with Crippen LogP contribution < -0.4 is 16.4 Å². The lowest BCUT2D eigenvalue weighted by molar-refractivity contribution is -0.116. The Morgan fingerprint density at radius 3 is 2.92 bits per heavy atom. The second-order valence-electron chi connectivity index (χ2n) is 5.24. The predicted molar refractivity (Wildman–Crippen MR) is 91.8 cm³/mol. The maximum Gasteiger partial charge on any atom is 0.312 e. The van der Waals surface area contributed by atoms with E-state index in [-0.39, 0.29) is 12.3 Å². The first-order chi connectivity index (χ1) is 11.5. The van der Waals surface area contributed by atoms with Gasteiger partial charge in [-0.3, -0.25) is 4.79 Å². The molecule has 0 aliphatic rings. The Balaban J connectivity index is 1.71. The Morgan fingerprint density at radius 2 is 2.21 bits per heavy atom. The van der Waals surface area contributed by atoms with E-state index in [0.717, 1.165) is 10.4 Å². The third-order valence-electron chi connectivity index (χ3n) is 3.37. The number of amides is 3. The molecule has 3 rings (SSSR count). The molecule has 0 aliphatic heterocycles. The van der Waals surface area contributed by atoms with E-state index in [9.17, 15) is 9.59 Å². The van der Waals surface area contributed by atoms with Gasteiger partial charge in [0.2, 0.25) is 5.91 Å². The fraction of sp³-hybridized carbons (Fsp3) is 0.188. The van der Waals surface area contributed by atoms with E-state index in [0.29, 0.717) is 17.2 Å². The maximum absolute atomic E-state index is 12.3. The quantitative estimate of drug-likeness (QED) is 0.661. The highest BCUT2D eigenvalue weighted by Gasteiger charge is 2.18. The molecule has 0 saturated heterocycles. The number of fused-ring (bicyclic) bond motifs is 1. The molecule has 1 atom stereocenters. The maximum atomic E-state index is 12.3. The van der Waals surface area contributed by atoms with Gasteiger partial charge in [-0.1, -0.05) is 6.07 Å². The first kappa shape index (κ1) is 16.0. The van der Waals surface area contributed by atoms with Crippen LogP contribution in [0.1, 0.15) is 23.2 Å². The van der Waals surface area contributed by atoms with Gasteiger partial charge in [0.1, 0.15) is 5.52 Å². The Morgan fingerprint density at radius 1 is 1.38 bits per heavy atom. The molecule has 24 heavy (non-hydrogen) atoms. The van der Waals surface area contributed by atoms with Crippen molar-refractivity contribution in [3.8, 4) is 0 Å². The lowest BCUT2D eigenvalue weighted by atomic mass is 10.1. The van der Waals surface area contributed by atoms with Crippen LogP contribution in [0, 0.1) is 6.92 Å². The molecule has 3 amide bonds. The first-order valence-corrected chi connectivity index (χ1v) is 8.15. The van der Waals surface area contributed by atoms with Gasteiger partial charge in [-0.25, -0.2) is 9.78 Å². The summed E-state index contributed by atoms with van der Waals surface area (Å²) in [6, 6.07) is 7.83. The summed E-state index contributed by atoms with van der Waals surface area (Å²) in [5, 5.41) is 7.26. The molecule has 0 saturated carbocycles. The summed E-state index contributed by atoms with van der Waals surface area (Å²) < 4.78 is 5.45. The SMILES string of the molecule is Cc1nc2ccc(NC(=O)CC(NC(N)=O)c3cccs3)cc2o1. The average molecular weight is 344 g/mol. The fourth-order valence-electron chi connectivity index (χ4n) is 2.40. The molecule has 4 N–H and O–H groups in total. The lowest BCUT2D eigenvalue weighted by Gasteiger charge is -2.15. The molecule has 7 nitrogen and oxygen atoms in total. The van der Waals surface area contributed by atoms with E-state index in [2.05, 4.69) is 15.6 Å². The van der Waals surface area contributed by atoms with Gasteiger partial charge < -0.3 is 20.8 Å². The molecular formula is C16H16N4O3S. The molecule has 3 aromatic rings. The van der Waals surface area contributed by atoms with E-state index in [1.165, 1.54) is 11.3 Å². The van der Waals surface area contributed by atoms with Crippen LogP contribution in [0.2, 0.25) is 0 Å². The second kappa shape index (κ2) is 6.71. The normalized spacial score (nSPS) is 12.0. The highest BCUT2D eigenvalue weighted by atomic mass is 32.1. The number of nitrogens with two attached hydrogens (primary N) is 1. The molecule has 0 radical (unpaired) electrons. The summed E-state index contributed by atoms with van der Waals surface area (Å²) in [6.45, 7) is 1.76. The number of hydrogen-bond donors (Lipinski definition) is 3. The molecule has 1 aromatic carbocycles. The zero-order valence-electron chi connectivity index (χ0n) is 12.9. The second-order valence-corrected chi connectivity index (χ2v) is 6.22. The predicted octanol–water partition coefficient (Wildman–Crippen LogP) is 2.94. The van der Waals surface area contributed by atoms with E-state index >= 15 is 0 Å². The van der Waals surface area contributed by atoms with E-state index in [1.54, 1.807) is 25.1 Å². The smallest absolute Gasteiger partial charge is 0.312 e. The molecular weight excluding hydrogens is 328 g/mol. The minimum atomic E-state index is -0.667. The van der Waals surface area contributed by atoms with Crippen molar-refractivity contribution in [1.82, 2.24) is 10.3 Å². The largest absolute Gasteiger partial charge is 0.441 e. The van der Waals surface area contributed by atoms with Crippen molar-refractivity contribution in [2.75, 3.05) is 5.32 Å². The van der Waals surface area contributed by atoms with Crippen molar-refractivity contribution in [2.45, 2.75) is 19.4 Å². The third kappa shape index (κ3) is 3.72. The fourth-order valence-corrected chi connectivity index (χ4v) is 3.18. The zero-order valence-corrected chi connectivity index (χ0v) is 13.7. The number of anilines is 1. The summed E-state index contributed by atoms with van der Waals surface area (Å²) >= 11 is 1.45. The van der Waals surface area contributed by atoms with Crippen molar-refractivity contribution in [1.29, 1.82) is 0 Å². The number of urea groups is 1. The van der Waals surface area contributed by atoms with E-state index in [4.69, 9.17) is 10.2 Å². The van der Waals surface area contributed by atoms with Gasteiger partial charge in [-0.2, -0.15) is 0 Å². The Labute approximate surface area is 141 Å². The number of nitrogens with one attached hydrogen (secondary N) is 2. The first-order valence-electron chi connectivity index (χ1n) is 7.27. The molecule has 1 unspecified atom stereocenters. The third-order valence-corrected chi connectivity index (χ3v) is 4.36. The topological polar surface area (TPSA) is 110 Å². The summed E-state index contributed by atoms with van der Waals surface area (Å²) in [7, 11) is 0. The van der Waals surface area contributed by atoms with Crippen LogP contribution in [-0.2, 0) is 4.79 Å². The van der Waals surface area contributed by atoms with Crippen LogP contribution in [0.25, 0.3) is 11.1 Å². The number of hydrogen-bond acceptors (Lipinski definition) is 5. The van der Waals surface area contributed by atoms with Crippen LogP contribution in [0.3, 0.4) is 0 Å². The molecule has 0 bridgehead atoms. The highest BCUT2D eigenvalue weighted by molar-refractivity contribution is 7.10. The number of thiophene rings is 1. The Bertz CT molecular complexity index is 873. The van der Waals surface area contributed by atoms with Gasteiger partial charge in [0.15, 0.2) is 11.5 Å². The zero-order chi connectivity index (χ0) is 17.1. The molecule has 0 fully saturated rings. The summed E-state index contributed by atoms with van der Waals surface area (Å²) in [6.07, 6.45) is 0.0803. The molecule has 124 valence electrons. The van der Waals surface area contributed by atoms with Crippen molar-refractivity contribution >= 4 is 40.1 Å². The Hall–Kier alpha value is -2.87. The number of aryl methyl sites for hydroxylation is 1. The van der Waals surface area contributed by atoms with Crippen LogP contribution in [-0.4, -0.2) is 16.9 Å². The van der Waals surface area contributed by atoms with E-state index < -0.39 is 12.1 Å². The van der Waals surface area contributed by atoms with Gasteiger partial charge in [0.05, 0.1) is 12.5 Å². The molecule has 2 heterocycles. The van der Waals surface area contributed by atoms with E-state index in [1.807, 2.05) is 17.5 Å². The number of rotatable bonds is 5. The molecule has 2 aromatic heterocycles. The van der Waals surface area contributed by atoms with Crippen molar-refractivity contribution in [3.05, 3.63) is 46.5 Å². The van der Waals surface area contributed by atoms with Crippen molar-refractivity contribution in [3.63, 3.8) is 0 Å². The highest BCUT2D eigenvalue weighted by Crippen LogP contribution is 2.24. The van der Waals surface area contributed by atoms with Gasteiger partial charge >= 0.3 is 6.03 Å². The minimum Gasteiger partial charge on any atom is -0.441 e. The van der Waals surface area contributed by atoms with Gasteiger partial charge in [0, 0.05) is 23.6 Å². The van der Waals surface area contributed by atoms with Gasteiger partial charge in [-0.05, 0) is 23.6 Å². The van der Waals surface area contributed by atoms with Crippen molar-refractivity contribution < 1.29 is 14.0 Å². The number of primary amides is 1. The lowest BCUT2D eigenvalue weighted by Crippen LogP contribution is -2.34. The van der Waals surface area contributed by atoms with Gasteiger partial charge in [0.25, 0.3) is 0 Å². The van der Waals surface area contributed by atoms with Crippen LogP contribution in [0.4, 0.5) is 10.5 Å². The van der Waals surface area contributed by atoms with Crippen LogP contribution >= 0.6 is 11.3 Å². The van der Waals surface area contributed by atoms with Crippen molar-refractivity contribution in [2.24, 2.45) is 5.73 Å². The van der Waals surface area contributed by atoms with Crippen LogP contribution in [0.15, 0.2) is 40.1 Å². The molecule has 8 heteroatoms. The summed E-state index contributed by atoms with van der Waals surface area (Å²) in [4.78, 5) is 28.5. The summed E-state index contributed by atoms with van der Waals surface area (Å²) in [5.74, 6) is 0.328. The van der Waals surface area contributed by atoms with Gasteiger partial charge in [-0.15, -0.1) is 11.3 Å². The summed E-state index contributed by atoms with van der Waals surface area (Å²) in [5.41, 5.74) is 7.14. The number of benzene rings is 1. The molecule has 0 aliphatic carbocycles. The number of oxazole rings is 1. The number of aromatic nitrogens is 1. The number of carbonyl (C=O) groups is 2. The monoisotopic (exact) mass is 344 g/mol. The molecule has 0 spiro atoms. The number of carbonyl (C=O) groups excluding carboxylic acids is 2. The van der Waals surface area contributed by atoms with Crippen LogP contribution in [0.5, 0.6) is 0 Å². The minimum absolute atomic E-state index is 0.0803.